The highest BCUT2D eigenvalue weighted by atomic mass is 19.4. The molecule has 0 unspecified atom stereocenters. The number of nitrogens with one attached hydrogen (secondary N) is 1. The molecular formula is C9H10F3N3O. The van der Waals surface area contributed by atoms with E-state index >= 15 is 0 Å². The maximum atomic E-state index is 11.9. The largest absolute Gasteiger partial charge is 0.573 e. The molecule has 7 heteroatoms. The topological polar surface area (TPSA) is 62.3 Å². The Morgan fingerprint density at radius 3 is 2.56 bits per heavy atom. The first-order valence-electron chi connectivity index (χ1n) is 4.23. The molecule has 0 aliphatic heterocycles. The molecule has 0 radical (unpaired) electrons. The van der Waals surface area contributed by atoms with Crippen LogP contribution in [0.1, 0.15) is 0 Å². The molecule has 1 rings (SSSR count). The lowest BCUT2D eigenvalue weighted by Crippen LogP contribution is -2.32. The van der Waals surface area contributed by atoms with Crippen LogP contribution in [-0.4, -0.2) is 19.4 Å². The van der Waals surface area contributed by atoms with Gasteiger partial charge in [0.05, 0.1) is 0 Å². The van der Waals surface area contributed by atoms with Gasteiger partial charge in [-0.3, -0.25) is 5.41 Å². The number of halogens is 3. The summed E-state index contributed by atoms with van der Waals surface area (Å²) in [5.41, 5.74) is 5.53. The van der Waals surface area contributed by atoms with Crippen molar-refractivity contribution in [2.75, 3.05) is 11.9 Å². The number of anilines is 1. The highest BCUT2D eigenvalue weighted by Gasteiger charge is 2.31. The zero-order valence-electron chi connectivity index (χ0n) is 8.38. The summed E-state index contributed by atoms with van der Waals surface area (Å²) in [5.74, 6) is -0.623. The Kier molecular flexibility index (Phi) is 3.26. The number of benzene rings is 1. The van der Waals surface area contributed by atoms with Gasteiger partial charge in [-0.25, -0.2) is 0 Å². The fraction of sp³-hybridized carbons (Fsp3) is 0.222. The Balaban J connectivity index is 2.91. The van der Waals surface area contributed by atoms with Crippen molar-refractivity contribution in [2.24, 2.45) is 5.73 Å². The molecule has 16 heavy (non-hydrogen) atoms. The van der Waals surface area contributed by atoms with Gasteiger partial charge in [-0.15, -0.1) is 13.2 Å². The Bertz CT molecular complexity index is 392. The van der Waals surface area contributed by atoms with E-state index in [9.17, 15) is 13.2 Å². The number of nitrogens with two attached hydrogens (primary N) is 1. The second kappa shape index (κ2) is 4.30. The van der Waals surface area contributed by atoms with Gasteiger partial charge >= 0.3 is 6.36 Å². The molecule has 0 saturated heterocycles. The van der Waals surface area contributed by atoms with Crippen molar-refractivity contribution >= 4 is 11.6 Å². The summed E-state index contributed by atoms with van der Waals surface area (Å²) in [7, 11) is 1.47. The summed E-state index contributed by atoms with van der Waals surface area (Å²) >= 11 is 0. The second-order valence-corrected chi connectivity index (χ2v) is 2.99. The zero-order chi connectivity index (χ0) is 12.3. The second-order valence-electron chi connectivity index (χ2n) is 2.99. The zero-order valence-corrected chi connectivity index (χ0v) is 8.38. The first-order valence-corrected chi connectivity index (χ1v) is 4.23. The number of ether oxygens (including phenoxy) is 1. The van der Waals surface area contributed by atoms with E-state index < -0.39 is 6.36 Å². The molecular weight excluding hydrogens is 223 g/mol. The van der Waals surface area contributed by atoms with Gasteiger partial charge in [0.2, 0.25) is 0 Å². The van der Waals surface area contributed by atoms with Crippen molar-refractivity contribution in [3.8, 4) is 5.75 Å². The minimum atomic E-state index is -4.73. The summed E-state index contributed by atoms with van der Waals surface area (Å²) in [5, 5.41) is 7.13. The summed E-state index contributed by atoms with van der Waals surface area (Å²) in [4.78, 5) is 1.23. The number of alkyl halides is 3. The Morgan fingerprint density at radius 2 is 2.06 bits per heavy atom. The van der Waals surface area contributed by atoms with Crippen molar-refractivity contribution in [3.63, 3.8) is 0 Å². The minimum absolute atomic E-state index is 0.274. The van der Waals surface area contributed by atoms with Crippen molar-refractivity contribution in [2.45, 2.75) is 6.36 Å². The molecule has 0 aromatic heterocycles. The van der Waals surface area contributed by atoms with E-state index in [1.807, 2.05) is 0 Å². The van der Waals surface area contributed by atoms with E-state index in [2.05, 4.69) is 4.74 Å². The Hall–Kier alpha value is -1.92. The lowest BCUT2D eigenvalue weighted by molar-refractivity contribution is -0.274. The van der Waals surface area contributed by atoms with Gasteiger partial charge in [-0.1, -0.05) is 6.07 Å². The van der Waals surface area contributed by atoms with Crippen molar-refractivity contribution in [1.29, 1.82) is 5.41 Å². The standard InChI is InChI=1S/C9H10F3N3O/c1-15(8(13)14)6-3-2-4-7(5-6)16-9(10,11)12/h2-5H,1H3,(H3,13,14). The van der Waals surface area contributed by atoms with Gasteiger partial charge < -0.3 is 15.4 Å². The van der Waals surface area contributed by atoms with Gasteiger partial charge in [-0.05, 0) is 12.1 Å². The summed E-state index contributed by atoms with van der Waals surface area (Å²) in [6.07, 6.45) is -4.73. The van der Waals surface area contributed by atoms with Crippen molar-refractivity contribution in [3.05, 3.63) is 24.3 Å². The first kappa shape index (κ1) is 12.2. The molecule has 1 aromatic rings. The molecule has 0 heterocycles. The summed E-state index contributed by atoms with van der Waals surface area (Å²) < 4.78 is 39.5. The van der Waals surface area contributed by atoms with Gasteiger partial charge in [-0.2, -0.15) is 0 Å². The predicted molar refractivity (Wildman–Crippen MR) is 53.4 cm³/mol. The van der Waals surface area contributed by atoms with Crippen LogP contribution in [-0.2, 0) is 0 Å². The van der Waals surface area contributed by atoms with E-state index in [0.29, 0.717) is 5.69 Å². The lowest BCUT2D eigenvalue weighted by atomic mass is 10.3. The van der Waals surface area contributed by atoms with Gasteiger partial charge in [0.15, 0.2) is 5.96 Å². The molecule has 0 atom stereocenters. The SMILES string of the molecule is CN(C(=N)N)c1cccc(OC(F)(F)F)c1. The highest BCUT2D eigenvalue weighted by molar-refractivity contribution is 5.91. The molecule has 0 aliphatic rings. The number of hydrogen-bond acceptors (Lipinski definition) is 2. The van der Waals surface area contributed by atoms with Gasteiger partial charge in [0.25, 0.3) is 0 Å². The molecule has 88 valence electrons. The minimum Gasteiger partial charge on any atom is -0.406 e. The molecule has 3 N–H and O–H groups in total. The average molecular weight is 233 g/mol. The van der Waals surface area contributed by atoms with E-state index in [0.717, 1.165) is 6.07 Å². The average Bonchev–Trinajstić information content (AvgIpc) is 2.14. The van der Waals surface area contributed by atoms with Crippen LogP contribution in [0.25, 0.3) is 0 Å². The summed E-state index contributed by atoms with van der Waals surface area (Å²) in [6.45, 7) is 0. The van der Waals surface area contributed by atoms with Crippen LogP contribution < -0.4 is 15.4 Å². The molecule has 0 bridgehead atoms. The molecule has 1 aromatic carbocycles. The van der Waals surface area contributed by atoms with Crippen LogP contribution in [0.3, 0.4) is 0 Å². The lowest BCUT2D eigenvalue weighted by Gasteiger charge is -2.17. The van der Waals surface area contributed by atoms with Gasteiger partial charge in [0.1, 0.15) is 5.75 Å². The number of hydrogen-bond donors (Lipinski definition) is 2. The molecule has 0 amide bonds. The maximum Gasteiger partial charge on any atom is 0.573 e. The summed E-state index contributed by atoms with van der Waals surface area (Å²) in [6, 6.07) is 5.22. The number of rotatable bonds is 2. The molecule has 0 saturated carbocycles. The van der Waals surface area contributed by atoms with E-state index in [4.69, 9.17) is 11.1 Å². The van der Waals surface area contributed by atoms with Crippen LogP contribution in [0.5, 0.6) is 5.75 Å². The molecule has 0 aliphatic carbocycles. The third kappa shape index (κ3) is 3.34. The van der Waals surface area contributed by atoms with Crippen LogP contribution >= 0.6 is 0 Å². The Labute approximate surface area is 89.9 Å². The Morgan fingerprint density at radius 1 is 1.44 bits per heavy atom. The van der Waals surface area contributed by atoms with Gasteiger partial charge in [0, 0.05) is 18.8 Å². The molecule has 0 fully saturated rings. The highest BCUT2D eigenvalue weighted by Crippen LogP contribution is 2.26. The van der Waals surface area contributed by atoms with Crippen molar-refractivity contribution < 1.29 is 17.9 Å². The fourth-order valence-electron chi connectivity index (χ4n) is 1.03. The first-order chi connectivity index (χ1) is 7.29. The third-order valence-corrected chi connectivity index (χ3v) is 1.80. The number of nitrogens with zero attached hydrogens (tertiary/aromatic N) is 1. The normalized spacial score (nSPS) is 11.0. The third-order valence-electron chi connectivity index (χ3n) is 1.80. The molecule has 0 spiro atoms. The van der Waals surface area contributed by atoms with Crippen LogP contribution in [0.15, 0.2) is 24.3 Å². The monoisotopic (exact) mass is 233 g/mol. The van der Waals surface area contributed by atoms with Crippen LogP contribution in [0, 0.1) is 5.41 Å². The van der Waals surface area contributed by atoms with E-state index in [1.54, 1.807) is 0 Å². The van der Waals surface area contributed by atoms with E-state index in [-0.39, 0.29) is 11.7 Å². The van der Waals surface area contributed by atoms with Crippen LogP contribution in [0.4, 0.5) is 18.9 Å². The van der Waals surface area contributed by atoms with Crippen molar-refractivity contribution in [1.82, 2.24) is 0 Å². The predicted octanol–water partition coefficient (Wildman–Crippen LogP) is 1.91. The number of guanidine groups is 1. The molecule has 4 nitrogen and oxygen atoms in total. The van der Waals surface area contributed by atoms with Crippen LogP contribution in [0.2, 0.25) is 0 Å². The smallest absolute Gasteiger partial charge is 0.406 e. The fourth-order valence-corrected chi connectivity index (χ4v) is 1.03. The van der Waals surface area contributed by atoms with E-state index in [1.165, 1.54) is 30.1 Å². The quantitative estimate of drug-likeness (QED) is 0.606. The maximum absolute atomic E-state index is 11.9.